The number of amides is 1. The maximum atomic E-state index is 12.0. The molecule has 0 fully saturated rings. The summed E-state index contributed by atoms with van der Waals surface area (Å²) in [4.78, 5) is 22.3. The average molecular weight is 280 g/mol. The van der Waals surface area contributed by atoms with Crippen LogP contribution in [-0.4, -0.2) is 22.0 Å². The van der Waals surface area contributed by atoms with Crippen LogP contribution in [-0.2, 0) is 0 Å². The third-order valence-electron chi connectivity index (χ3n) is 3.04. The molecule has 0 heterocycles. The predicted octanol–water partition coefficient (Wildman–Crippen LogP) is 3.00. The summed E-state index contributed by atoms with van der Waals surface area (Å²) in [5.74, 6) is -0.698. The highest BCUT2D eigenvalue weighted by atomic mass is 16.6. The summed E-state index contributed by atoms with van der Waals surface area (Å²) in [6, 6.07) is 3.38. The lowest BCUT2D eigenvalue weighted by molar-refractivity contribution is -0.385. The van der Waals surface area contributed by atoms with Gasteiger partial charge in [0.25, 0.3) is 11.6 Å². The van der Waals surface area contributed by atoms with Gasteiger partial charge < -0.3 is 10.4 Å². The first-order chi connectivity index (χ1) is 9.45. The van der Waals surface area contributed by atoms with Gasteiger partial charge in [-0.3, -0.25) is 14.9 Å². The summed E-state index contributed by atoms with van der Waals surface area (Å²) < 4.78 is 0. The Morgan fingerprint density at radius 1 is 1.45 bits per heavy atom. The van der Waals surface area contributed by atoms with Crippen molar-refractivity contribution in [2.24, 2.45) is 0 Å². The molecular formula is C14H20N2O4. The smallest absolute Gasteiger partial charge is 0.282 e. The second-order valence-corrected chi connectivity index (χ2v) is 4.83. The number of carbonyl (C=O) groups excluding carboxylic acids is 1. The number of nitro groups is 1. The molecule has 110 valence electrons. The van der Waals surface area contributed by atoms with Crippen LogP contribution < -0.4 is 5.32 Å². The molecule has 0 aliphatic rings. The number of hydrogen-bond acceptors (Lipinski definition) is 4. The highest BCUT2D eigenvalue weighted by Crippen LogP contribution is 2.23. The number of phenols is 1. The number of nitrogens with zero attached hydrogens (tertiary/aromatic N) is 1. The summed E-state index contributed by atoms with van der Waals surface area (Å²) >= 11 is 0. The lowest BCUT2D eigenvalue weighted by Gasteiger charge is -2.13. The van der Waals surface area contributed by atoms with E-state index in [2.05, 4.69) is 12.2 Å². The van der Waals surface area contributed by atoms with E-state index in [1.807, 2.05) is 6.92 Å². The standard InChI is InChI=1S/C14H20N2O4/c1-3-4-5-6-10(2)15-14(18)12-9-11(17)7-8-13(12)16(19)20/h7-10,17H,3-6H2,1-2H3,(H,15,18). The van der Waals surface area contributed by atoms with Gasteiger partial charge >= 0.3 is 0 Å². The van der Waals surface area contributed by atoms with Gasteiger partial charge in [-0.1, -0.05) is 26.2 Å². The fourth-order valence-electron chi connectivity index (χ4n) is 1.94. The molecule has 0 aliphatic heterocycles. The molecule has 6 nitrogen and oxygen atoms in total. The van der Waals surface area contributed by atoms with Crippen molar-refractivity contribution in [3.05, 3.63) is 33.9 Å². The van der Waals surface area contributed by atoms with Crippen LogP contribution in [0.15, 0.2) is 18.2 Å². The van der Waals surface area contributed by atoms with Gasteiger partial charge in [0, 0.05) is 12.1 Å². The Hall–Kier alpha value is -2.11. The molecule has 2 N–H and O–H groups in total. The van der Waals surface area contributed by atoms with Crippen molar-refractivity contribution < 1.29 is 14.8 Å². The number of aromatic hydroxyl groups is 1. The maximum absolute atomic E-state index is 12.0. The van der Waals surface area contributed by atoms with Gasteiger partial charge in [-0.05, 0) is 25.5 Å². The number of nitrogens with one attached hydrogen (secondary N) is 1. The fraction of sp³-hybridized carbons (Fsp3) is 0.500. The quantitative estimate of drug-likeness (QED) is 0.456. The highest BCUT2D eigenvalue weighted by molar-refractivity contribution is 5.98. The Bertz CT molecular complexity index is 488. The molecule has 1 rings (SSSR count). The van der Waals surface area contributed by atoms with E-state index in [9.17, 15) is 20.0 Å². The van der Waals surface area contributed by atoms with Crippen LogP contribution in [0.1, 0.15) is 49.9 Å². The van der Waals surface area contributed by atoms with Crippen LogP contribution in [0.2, 0.25) is 0 Å². The number of nitro benzene ring substituents is 1. The topological polar surface area (TPSA) is 92.5 Å². The second-order valence-electron chi connectivity index (χ2n) is 4.83. The lowest BCUT2D eigenvalue weighted by atomic mass is 10.1. The molecule has 20 heavy (non-hydrogen) atoms. The van der Waals surface area contributed by atoms with Crippen LogP contribution in [0, 0.1) is 10.1 Å². The third kappa shape index (κ3) is 4.53. The van der Waals surface area contributed by atoms with Gasteiger partial charge in [0.2, 0.25) is 0 Å². The van der Waals surface area contributed by atoms with E-state index < -0.39 is 10.8 Å². The number of hydrogen-bond donors (Lipinski definition) is 2. The monoisotopic (exact) mass is 280 g/mol. The Morgan fingerprint density at radius 2 is 2.15 bits per heavy atom. The zero-order valence-electron chi connectivity index (χ0n) is 11.8. The Morgan fingerprint density at radius 3 is 2.75 bits per heavy atom. The highest BCUT2D eigenvalue weighted by Gasteiger charge is 2.21. The van der Waals surface area contributed by atoms with Gasteiger partial charge in [0.15, 0.2) is 0 Å². The first-order valence-electron chi connectivity index (χ1n) is 6.74. The third-order valence-corrected chi connectivity index (χ3v) is 3.04. The van der Waals surface area contributed by atoms with E-state index in [0.717, 1.165) is 37.8 Å². The maximum Gasteiger partial charge on any atom is 0.282 e. The summed E-state index contributed by atoms with van der Waals surface area (Å²) in [6.45, 7) is 3.96. The zero-order valence-corrected chi connectivity index (χ0v) is 11.8. The van der Waals surface area contributed by atoms with E-state index in [1.54, 1.807) is 0 Å². The number of rotatable bonds is 7. The van der Waals surface area contributed by atoms with Crippen LogP contribution in [0.3, 0.4) is 0 Å². The minimum Gasteiger partial charge on any atom is -0.508 e. The van der Waals surface area contributed by atoms with Crippen molar-refractivity contribution in [1.82, 2.24) is 5.32 Å². The van der Waals surface area contributed by atoms with Crippen molar-refractivity contribution in [2.75, 3.05) is 0 Å². The second kappa shape index (κ2) is 7.47. The number of phenolic OH excluding ortho intramolecular Hbond substituents is 1. The van der Waals surface area contributed by atoms with E-state index in [-0.39, 0.29) is 23.0 Å². The molecule has 1 aromatic carbocycles. The van der Waals surface area contributed by atoms with Crippen LogP contribution in [0.4, 0.5) is 5.69 Å². The van der Waals surface area contributed by atoms with Crippen molar-refractivity contribution in [3.63, 3.8) is 0 Å². The fourth-order valence-corrected chi connectivity index (χ4v) is 1.94. The first-order valence-corrected chi connectivity index (χ1v) is 6.74. The number of unbranched alkanes of at least 4 members (excludes halogenated alkanes) is 2. The summed E-state index contributed by atoms with van der Waals surface area (Å²) in [6.07, 6.45) is 4.01. The lowest BCUT2D eigenvalue weighted by Crippen LogP contribution is -2.32. The predicted molar refractivity (Wildman–Crippen MR) is 75.8 cm³/mol. The van der Waals surface area contributed by atoms with Gasteiger partial charge in [-0.15, -0.1) is 0 Å². The molecule has 6 heteroatoms. The van der Waals surface area contributed by atoms with Crippen molar-refractivity contribution in [1.29, 1.82) is 0 Å². The molecule has 0 radical (unpaired) electrons. The van der Waals surface area contributed by atoms with E-state index in [0.29, 0.717) is 0 Å². The molecule has 1 amide bonds. The average Bonchev–Trinajstić information content (AvgIpc) is 2.38. The van der Waals surface area contributed by atoms with Crippen molar-refractivity contribution in [3.8, 4) is 5.75 Å². The SMILES string of the molecule is CCCCCC(C)NC(=O)c1cc(O)ccc1[N+](=O)[O-]. The largest absolute Gasteiger partial charge is 0.508 e. The zero-order chi connectivity index (χ0) is 15.1. The van der Waals surface area contributed by atoms with Gasteiger partial charge in [0.05, 0.1) is 4.92 Å². The Kier molecular flexibility index (Phi) is 5.96. The Labute approximate surface area is 118 Å². The molecule has 0 spiro atoms. The first kappa shape index (κ1) is 15.9. The minimum atomic E-state index is -0.629. The van der Waals surface area contributed by atoms with Gasteiger partial charge in [-0.2, -0.15) is 0 Å². The van der Waals surface area contributed by atoms with Gasteiger partial charge in [0.1, 0.15) is 11.3 Å². The summed E-state index contributed by atoms with van der Waals surface area (Å²) in [5, 5.41) is 23.0. The number of benzene rings is 1. The molecular weight excluding hydrogens is 260 g/mol. The molecule has 0 saturated heterocycles. The number of carbonyl (C=O) groups is 1. The molecule has 1 aromatic rings. The van der Waals surface area contributed by atoms with Crippen molar-refractivity contribution >= 4 is 11.6 Å². The van der Waals surface area contributed by atoms with E-state index >= 15 is 0 Å². The Balaban J connectivity index is 2.76. The van der Waals surface area contributed by atoms with Crippen LogP contribution >= 0.6 is 0 Å². The molecule has 0 aliphatic carbocycles. The molecule has 1 atom stereocenters. The van der Waals surface area contributed by atoms with Crippen molar-refractivity contribution in [2.45, 2.75) is 45.6 Å². The van der Waals surface area contributed by atoms with E-state index in [4.69, 9.17) is 0 Å². The molecule has 0 saturated carbocycles. The summed E-state index contributed by atoms with van der Waals surface area (Å²) in [5.41, 5.74) is -0.418. The normalized spacial score (nSPS) is 11.9. The minimum absolute atomic E-state index is 0.0593. The van der Waals surface area contributed by atoms with Crippen LogP contribution in [0.5, 0.6) is 5.75 Å². The molecule has 0 aromatic heterocycles. The van der Waals surface area contributed by atoms with Gasteiger partial charge in [-0.25, -0.2) is 0 Å². The van der Waals surface area contributed by atoms with E-state index in [1.165, 1.54) is 6.07 Å². The van der Waals surface area contributed by atoms with Crippen LogP contribution in [0.25, 0.3) is 0 Å². The molecule has 1 unspecified atom stereocenters. The molecule has 0 bridgehead atoms. The summed E-state index contributed by atoms with van der Waals surface area (Å²) in [7, 11) is 0.